The molecule has 21 heavy (non-hydrogen) atoms. The second-order valence-corrected chi connectivity index (χ2v) is 4.62. The minimum absolute atomic E-state index is 0.247. The van der Waals surface area contributed by atoms with E-state index in [9.17, 15) is 4.79 Å². The molecule has 0 saturated carbocycles. The zero-order valence-electron chi connectivity index (χ0n) is 12.2. The highest BCUT2D eigenvalue weighted by molar-refractivity contribution is 6.32. The van der Waals surface area contributed by atoms with Gasteiger partial charge >= 0.3 is 0 Å². The van der Waals surface area contributed by atoms with Gasteiger partial charge in [-0.15, -0.1) is 11.8 Å². The Hall–Kier alpha value is -1.90. The summed E-state index contributed by atoms with van der Waals surface area (Å²) in [5.41, 5.74) is 6.00. The number of benzene rings is 1. The summed E-state index contributed by atoms with van der Waals surface area (Å²) >= 11 is 6.15. The second-order valence-electron chi connectivity index (χ2n) is 4.22. The maximum Gasteiger partial charge on any atom is 0.255 e. The molecule has 1 amide bonds. The third-order valence-electron chi connectivity index (χ3n) is 2.58. The summed E-state index contributed by atoms with van der Waals surface area (Å²) in [6.07, 6.45) is 0.793. The van der Waals surface area contributed by atoms with Crippen molar-refractivity contribution in [3.05, 3.63) is 22.7 Å². The van der Waals surface area contributed by atoms with E-state index in [0.717, 1.165) is 18.5 Å². The number of hydrogen-bond acceptors (Lipinski definition) is 4. The monoisotopic (exact) mass is 310 g/mol. The molecule has 6 heteroatoms. The minimum Gasteiger partial charge on any atom is -0.493 e. The van der Waals surface area contributed by atoms with E-state index in [1.54, 1.807) is 12.1 Å². The van der Waals surface area contributed by atoms with Gasteiger partial charge in [-0.05, 0) is 24.6 Å². The van der Waals surface area contributed by atoms with Gasteiger partial charge in [0.05, 0.1) is 12.1 Å². The van der Waals surface area contributed by atoms with E-state index in [2.05, 4.69) is 17.2 Å². The summed E-state index contributed by atoms with van der Waals surface area (Å²) < 4.78 is 10.5. The Morgan fingerprint density at radius 3 is 2.86 bits per heavy atom. The summed E-state index contributed by atoms with van der Waals surface area (Å²) in [6.45, 7) is 3.00. The van der Waals surface area contributed by atoms with Crippen molar-refractivity contribution in [2.24, 2.45) is 5.73 Å². The first-order valence-corrected chi connectivity index (χ1v) is 6.84. The van der Waals surface area contributed by atoms with Crippen molar-refractivity contribution < 1.29 is 14.3 Å². The highest BCUT2D eigenvalue weighted by atomic mass is 35.5. The lowest BCUT2D eigenvalue weighted by Crippen LogP contribution is -2.20. The Morgan fingerprint density at radius 2 is 2.24 bits per heavy atom. The van der Waals surface area contributed by atoms with Gasteiger partial charge in [0.25, 0.3) is 5.91 Å². The number of nitrogens with one attached hydrogen (secondary N) is 1. The van der Waals surface area contributed by atoms with Crippen molar-refractivity contribution in [2.75, 3.05) is 20.3 Å². The molecule has 114 valence electrons. The molecule has 0 atom stereocenters. The first-order chi connectivity index (χ1) is 10.1. The quantitative estimate of drug-likeness (QED) is 0.566. The van der Waals surface area contributed by atoms with Gasteiger partial charge in [0, 0.05) is 19.5 Å². The van der Waals surface area contributed by atoms with Crippen molar-refractivity contribution >= 4 is 17.5 Å². The number of ether oxygens (including phenoxy) is 2. The predicted molar refractivity (Wildman–Crippen MR) is 82.5 cm³/mol. The van der Waals surface area contributed by atoms with Crippen LogP contribution in [0, 0.1) is 11.8 Å². The number of hydrogen-bond donors (Lipinski definition) is 2. The molecule has 0 saturated heterocycles. The van der Waals surface area contributed by atoms with Crippen molar-refractivity contribution in [3.8, 4) is 23.3 Å². The molecule has 1 aromatic carbocycles. The van der Waals surface area contributed by atoms with Crippen LogP contribution in [0.5, 0.6) is 11.5 Å². The van der Waals surface area contributed by atoms with E-state index in [-0.39, 0.29) is 6.61 Å². The number of rotatable bonds is 8. The fraction of sp³-hybridized carbons (Fsp3) is 0.400. The molecular formula is C15H19ClN2O3. The molecule has 0 radical (unpaired) electrons. The van der Waals surface area contributed by atoms with E-state index < -0.39 is 5.91 Å². The van der Waals surface area contributed by atoms with Gasteiger partial charge in [-0.25, -0.2) is 0 Å². The van der Waals surface area contributed by atoms with E-state index in [1.807, 2.05) is 6.92 Å². The molecular weight excluding hydrogens is 292 g/mol. The SMILES string of the molecule is CC#CCCNCc1cc(Cl)c(OCC(N)=O)c(OC)c1. The van der Waals surface area contributed by atoms with Crippen LogP contribution >= 0.6 is 11.6 Å². The molecule has 0 aliphatic rings. The number of amides is 1. The van der Waals surface area contributed by atoms with Crippen LogP contribution in [0.1, 0.15) is 18.9 Å². The smallest absolute Gasteiger partial charge is 0.255 e. The fourth-order valence-corrected chi connectivity index (χ4v) is 1.96. The Bertz CT molecular complexity index is 550. The number of carbonyl (C=O) groups excluding carboxylic acids is 1. The molecule has 0 aliphatic heterocycles. The molecule has 0 aliphatic carbocycles. The van der Waals surface area contributed by atoms with E-state index in [0.29, 0.717) is 23.1 Å². The van der Waals surface area contributed by atoms with Crippen LogP contribution in [-0.2, 0) is 11.3 Å². The zero-order valence-corrected chi connectivity index (χ0v) is 12.9. The Morgan fingerprint density at radius 1 is 1.48 bits per heavy atom. The summed E-state index contributed by atoms with van der Waals surface area (Å²) in [5.74, 6) is 6.03. The van der Waals surface area contributed by atoms with E-state index in [4.69, 9.17) is 26.8 Å². The van der Waals surface area contributed by atoms with Crippen LogP contribution in [0.25, 0.3) is 0 Å². The lowest BCUT2D eigenvalue weighted by molar-refractivity contribution is -0.119. The Balaban J connectivity index is 2.72. The van der Waals surface area contributed by atoms with E-state index in [1.165, 1.54) is 7.11 Å². The highest BCUT2D eigenvalue weighted by Gasteiger charge is 2.12. The average Bonchev–Trinajstić information content (AvgIpc) is 2.45. The standard InChI is InChI=1S/C15H19ClN2O3/c1-3-4-5-6-18-9-11-7-12(16)15(13(8-11)20-2)21-10-14(17)19/h7-8,18H,5-6,9-10H2,1-2H3,(H2,17,19). The summed E-state index contributed by atoms with van der Waals surface area (Å²) in [6, 6.07) is 3.57. The number of nitrogens with two attached hydrogens (primary N) is 1. The minimum atomic E-state index is -0.573. The molecule has 3 N–H and O–H groups in total. The molecule has 0 spiro atoms. The molecule has 0 bridgehead atoms. The maximum atomic E-state index is 10.8. The number of carbonyl (C=O) groups is 1. The van der Waals surface area contributed by atoms with Crippen LogP contribution in [0.3, 0.4) is 0 Å². The number of halogens is 1. The van der Waals surface area contributed by atoms with Crippen molar-refractivity contribution in [1.82, 2.24) is 5.32 Å². The third kappa shape index (κ3) is 5.94. The zero-order chi connectivity index (χ0) is 15.7. The Labute approximate surface area is 129 Å². The van der Waals surface area contributed by atoms with Crippen molar-refractivity contribution in [2.45, 2.75) is 19.9 Å². The van der Waals surface area contributed by atoms with Crippen molar-refractivity contribution in [1.29, 1.82) is 0 Å². The number of methoxy groups -OCH3 is 1. The topological polar surface area (TPSA) is 73.6 Å². The molecule has 0 heterocycles. The van der Waals surface area contributed by atoms with Gasteiger partial charge in [-0.1, -0.05) is 11.6 Å². The largest absolute Gasteiger partial charge is 0.493 e. The predicted octanol–water partition coefficient (Wildman–Crippen LogP) is 1.72. The molecule has 1 rings (SSSR count). The molecule has 5 nitrogen and oxygen atoms in total. The second kappa shape index (κ2) is 9.11. The first kappa shape index (κ1) is 17.2. The Kier molecular flexibility index (Phi) is 7.44. The van der Waals surface area contributed by atoms with Gasteiger partial charge in [0.2, 0.25) is 0 Å². The molecule has 1 aromatic rings. The van der Waals surface area contributed by atoms with Gasteiger partial charge in [-0.2, -0.15) is 0 Å². The summed E-state index contributed by atoms with van der Waals surface area (Å²) in [4.78, 5) is 10.8. The van der Waals surface area contributed by atoms with Gasteiger partial charge in [-0.3, -0.25) is 4.79 Å². The van der Waals surface area contributed by atoms with Gasteiger partial charge < -0.3 is 20.5 Å². The summed E-state index contributed by atoms with van der Waals surface area (Å²) in [5, 5.41) is 3.63. The fourth-order valence-electron chi connectivity index (χ4n) is 1.67. The van der Waals surface area contributed by atoms with Crippen LogP contribution in [0.15, 0.2) is 12.1 Å². The van der Waals surface area contributed by atoms with Gasteiger partial charge in [0.1, 0.15) is 0 Å². The summed E-state index contributed by atoms with van der Waals surface area (Å²) in [7, 11) is 1.51. The maximum absolute atomic E-state index is 10.8. The number of primary amides is 1. The first-order valence-electron chi connectivity index (χ1n) is 6.46. The normalized spacial score (nSPS) is 9.67. The van der Waals surface area contributed by atoms with Crippen molar-refractivity contribution in [3.63, 3.8) is 0 Å². The van der Waals surface area contributed by atoms with Crippen LogP contribution in [-0.4, -0.2) is 26.2 Å². The third-order valence-corrected chi connectivity index (χ3v) is 2.86. The van der Waals surface area contributed by atoms with Crippen LogP contribution in [0.4, 0.5) is 0 Å². The molecule has 0 unspecified atom stereocenters. The van der Waals surface area contributed by atoms with Gasteiger partial charge in [0.15, 0.2) is 18.1 Å². The van der Waals surface area contributed by atoms with Crippen LogP contribution < -0.4 is 20.5 Å². The highest BCUT2D eigenvalue weighted by Crippen LogP contribution is 2.36. The lowest BCUT2D eigenvalue weighted by atomic mass is 10.2. The molecule has 0 aromatic heterocycles. The van der Waals surface area contributed by atoms with Crippen LogP contribution in [0.2, 0.25) is 5.02 Å². The average molecular weight is 311 g/mol. The lowest BCUT2D eigenvalue weighted by Gasteiger charge is -2.13. The van der Waals surface area contributed by atoms with E-state index >= 15 is 0 Å². The molecule has 0 fully saturated rings.